The summed E-state index contributed by atoms with van der Waals surface area (Å²) < 4.78 is 16.7. The third-order valence-corrected chi connectivity index (χ3v) is 6.68. The third kappa shape index (κ3) is 5.88. The minimum absolute atomic E-state index is 0.210. The van der Waals surface area contributed by atoms with Crippen LogP contribution in [-0.2, 0) is 11.2 Å². The molecule has 0 spiro atoms. The van der Waals surface area contributed by atoms with Crippen molar-refractivity contribution in [3.05, 3.63) is 35.2 Å². The second-order valence-corrected chi connectivity index (χ2v) is 9.10. The lowest BCUT2D eigenvalue weighted by Crippen LogP contribution is -2.34. The van der Waals surface area contributed by atoms with Gasteiger partial charge >= 0.3 is 6.01 Å². The van der Waals surface area contributed by atoms with E-state index in [1.54, 1.807) is 0 Å². The molecule has 4 rings (SSSR count). The van der Waals surface area contributed by atoms with Crippen LogP contribution in [0.4, 0.5) is 6.01 Å². The van der Waals surface area contributed by atoms with Gasteiger partial charge in [0.05, 0.1) is 6.61 Å². The van der Waals surface area contributed by atoms with E-state index in [4.69, 9.17) is 14.0 Å². The van der Waals surface area contributed by atoms with Gasteiger partial charge in [-0.25, -0.2) is 0 Å². The van der Waals surface area contributed by atoms with E-state index >= 15 is 0 Å². The van der Waals surface area contributed by atoms with Gasteiger partial charge in [-0.15, -0.1) is 0 Å². The number of hydrogen-bond donors (Lipinski definition) is 0. The monoisotopic (exact) mass is 441 g/mol. The van der Waals surface area contributed by atoms with E-state index < -0.39 is 0 Å². The fourth-order valence-electron chi connectivity index (χ4n) is 4.65. The molecule has 2 saturated heterocycles. The van der Waals surface area contributed by atoms with Crippen LogP contribution in [0.2, 0.25) is 0 Å². The van der Waals surface area contributed by atoms with Gasteiger partial charge in [-0.05, 0) is 74.6 Å². The Bertz CT molecular complexity index is 883. The van der Waals surface area contributed by atoms with E-state index in [1.165, 1.54) is 0 Å². The number of anilines is 1. The van der Waals surface area contributed by atoms with Gasteiger partial charge in [-0.1, -0.05) is 12.1 Å². The SMILES string of the molecule is CCc1noc(N2CCC(CCCOc3ccc(C(=O)C[C@@H]4CCOC4)c(C)c3)CC2)n1. The second-order valence-electron chi connectivity index (χ2n) is 9.10. The lowest BCUT2D eigenvalue weighted by molar-refractivity contribution is 0.0952. The smallest absolute Gasteiger partial charge is 0.324 e. The molecule has 174 valence electrons. The topological polar surface area (TPSA) is 77.7 Å². The Morgan fingerprint density at radius 2 is 2.06 bits per heavy atom. The highest BCUT2D eigenvalue weighted by Crippen LogP contribution is 2.26. The van der Waals surface area contributed by atoms with Crippen molar-refractivity contribution in [2.45, 2.75) is 58.8 Å². The molecule has 2 aromatic rings. The second kappa shape index (κ2) is 10.9. The first-order valence-electron chi connectivity index (χ1n) is 12.0. The van der Waals surface area contributed by atoms with Crippen molar-refractivity contribution in [2.75, 3.05) is 37.8 Å². The predicted octanol–water partition coefficient (Wildman–Crippen LogP) is 4.63. The number of rotatable bonds is 10. The molecule has 2 aliphatic rings. The fourth-order valence-corrected chi connectivity index (χ4v) is 4.65. The first-order chi connectivity index (χ1) is 15.6. The van der Waals surface area contributed by atoms with Crippen LogP contribution in [0.25, 0.3) is 0 Å². The molecule has 1 aromatic heterocycles. The maximum atomic E-state index is 12.6. The zero-order chi connectivity index (χ0) is 22.3. The van der Waals surface area contributed by atoms with E-state index in [0.29, 0.717) is 37.5 Å². The molecule has 1 aromatic carbocycles. The summed E-state index contributed by atoms with van der Waals surface area (Å²) in [6.07, 6.45) is 6.85. The van der Waals surface area contributed by atoms with E-state index in [0.717, 1.165) is 80.9 Å². The van der Waals surface area contributed by atoms with E-state index in [1.807, 2.05) is 32.0 Å². The molecule has 3 heterocycles. The summed E-state index contributed by atoms with van der Waals surface area (Å²) in [6.45, 7) is 8.16. The number of piperidine rings is 1. The van der Waals surface area contributed by atoms with Gasteiger partial charge in [-0.3, -0.25) is 4.79 Å². The van der Waals surface area contributed by atoms with Gasteiger partial charge in [0.15, 0.2) is 11.6 Å². The van der Waals surface area contributed by atoms with E-state index in [2.05, 4.69) is 15.0 Å². The molecule has 1 atom stereocenters. The minimum Gasteiger partial charge on any atom is -0.494 e. The molecule has 0 N–H and O–H groups in total. The number of benzene rings is 1. The molecule has 0 radical (unpaired) electrons. The average molecular weight is 442 g/mol. The summed E-state index contributed by atoms with van der Waals surface area (Å²) in [7, 11) is 0. The van der Waals surface area contributed by atoms with Gasteiger partial charge in [0.1, 0.15) is 5.75 Å². The molecule has 2 fully saturated rings. The zero-order valence-electron chi connectivity index (χ0n) is 19.3. The van der Waals surface area contributed by atoms with Crippen LogP contribution < -0.4 is 9.64 Å². The molecular formula is C25H35N3O4. The molecule has 2 aliphatic heterocycles. The normalized spacial score (nSPS) is 19.4. The number of aromatic nitrogens is 2. The van der Waals surface area contributed by atoms with E-state index in [9.17, 15) is 4.79 Å². The molecule has 0 saturated carbocycles. The van der Waals surface area contributed by atoms with Crippen LogP contribution in [0, 0.1) is 18.8 Å². The number of carbonyl (C=O) groups excluding carboxylic acids is 1. The predicted molar refractivity (Wildman–Crippen MR) is 122 cm³/mol. The number of Topliss-reactive ketones (excluding diaryl/α,β-unsaturated/α-hetero) is 1. The Kier molecular flexibility index (Phi) is 7.79. The molecule has 7 heteroatoms. The minimum atomic E-state index is 0.210. The number of nitrogens with zero attached hydrogens (tertiary/aromatic N) is 3. The maximum Gasteiger partial charge on any atom is 0.324 e. The summed E-state index contributed by atoms with van der Waals surface area (Å²) in [5.41, 5.74) is 1.80. The highest BCUT2D eigenvalue weighted by atomic mass is 16.5. The number of aryl methyl sites for hydroxylation is 2. The van der Waals surface area contributed by atoms with Gasteiger partial charge in [0.2, 0.25) is 0 Å². The molecule has 0 aliphatic carbocycles. The van der Waals surface area contributed by atoms with Crippen molar-refractivity contribution >= 4 is 11.8 Å². The summed E-state index contributed by atoms with van der Waals surface area (Å²) in [6, 6.07) is 6.50. The zero-order valence-corrected chi connectivity index (χ0v) is 19.3. The Balaban J connectivity index is 1.16. The maximum absolute atomic E-state index is 12.6. The summed E-state index contributed by atoms with van der Waals surface area (Å²) in [5.74, 6) is 2.91. The van der Waals surface area contributed by atoms with Crippen LogP contribution in [0.3, 0.4) is 0 Å². The van der Waals surface area contributed by atoms with Crippen molar-refractivity contribution in [3.8, 4) is 5.75 Å². The summed E-state index contributed by atoms with van der Waals surface area (Å²) in [4.78, 5) is 19.2. The number of ether oxygens (including phenoxy) is 2. The van der Waals surface area contributed by atoms with Crippen LogP contribution in [0.15, 0.2) is 22.7 Å². The molecule has 0 bridgehead atoms. The first kappa shape index (κ1) is 22.8. The molecule has 32 heavy (non-hydrogen) atoms. The van der Waals surface area contributed by atoms with E-state index in [-0.39, 0.29) is 5.78 Å². The average Bonchev–Trinajstić information content (AvgIpc) is 3.49. The largest absolute Gasteiger partial charge is 0.494 e. The summed E-state index contributed by atoms with van der Waals surface area (Å²) >= 11 is 0. The van der Waals surface area contributed by atoms with Crippen molar-refractivity contribution in [1.29, 1.82) is 0 Å². The first-order valence-corrected chi connectivity index (χ1v) is 12.0. The van der Waals surface area contributed by atoms with Crippen LogP contribution in [0.1, 0.15) is 67.2 Å². The highest BCUT2D eigenvalue weighted by molar-refractivity contribution is 5.97. The van der Waals surface area contributed by atoms with Gasteiger partial charge in [-0.2, -0.15) is 4.98 Å². The lowest BCUT2D eigenvalue weighted by Gasteiger charge is -2.30. The standard InChI is InChI=1S/C25H35N3O4/c1-3-24-26-25(32-27-24)28-11-8-19(9-12-28)5-4-13-31-21-6-7-22(18(2)15-21)23(29)16-20-10-14-30-17-20/h6-7,15,19-20H,3-5,8-14,16-17H2,1-2H3/t20-/m0/s1. The molecule has 0 amide bonds. The summed E-state index contributed by atoms with van der Waals surface area (Å²) in [5, 5.41) is 3.99. The Hall–Kier alpha value is -2.41. The van der Waals surface area contributed by atoms with Crippen LogP contribution >= 0.6 is 0 Å². The molecular weight excluding hydrogens is 406 g/mol. The van der Waals surface area contributed by atoms with Gasteiger partial charge in [0, 0.05) is 44.7 Å². The van der Waals surface area contributed by atoms with Crippen molar-refractivity contribution < 1.29 is 18.8 Å². The molecule has 7 nitrogen and oxygen atoms in total. The highest BCUT2D eigenvalue weighted by Gasteiger charge is 2.23. The number of ketones is 1. The Morgan fingerprint density at radius 1 is 1.22 bits per heavy atom. The Labute approximate surface area is 190 Å². The molecule has 0 unspecified atom stereocenters. The lowest BCUT2D eigenvalue weighted by atomic mass is 9.92. The third-order valence-electron chi connectivity index (χ3n) is 6.68. The van der Waals surface area contributed by atoms with Crippen LogP contribution in [0.5, 0.6) is 5.75 Å². The quantitative estimate of drug-likeness (QED) is 0.393. The van der Waals surface area contributed by atoms with Crippen molar-refractivity contribution in [3.63, 3.8) is 0 Å². The van der Waals surface area contributed by atoms with Crippen molar-refractivity contribution in [1.82, 2.24) is 10.1 Å². The van der Waals surface area contributed by atoms with Crippen molar-refractivity contribution in [2.24, 2.45) is 11.8 Å². The van der Waals surface area contributed by atoms with Crippen LogP contribution in [-0.4, -0.2) is 48.8 Å². The number of carbonyl (C=O) groups is 1. The van der Waals surface area contributed by atoms with Gasteiger partial charge < -0.3 is 18.9 Å². The fraction of sp³-hybridized carbons (Fsp3) is 0.640. The number of hydrogen-bond acceptors (Lipinski definition) is 7. The van der Waals surface area contributed by atoms with Gasteiger partial charge in [0.25, 0.3) is 0 Å². The Morgan fingerprint density at radius 3 is 2.75 bits per heavy atom.